The van der Waals surface area contributed by atoms with Crippen LogP contribution in [0.25, 0.3) is 0 Å². The molecule has 16 heavy (non-hydrogen) atoms. The summed E-state index contributed by atoms with van der Waals surface area (Å²) in [6.07, 6.45) is 0.866. The fraction of sp³-hybridized carbons (Fsp3) is 0.538. The van der Waals surface area contributed by atoms with Gasteiger partial charge < -0.3 is 10.4 Å². The summed E-state index contributed by atoms with van der Waals surface area (Å²) >= 11 is 6.01. The van der Waals surface area contributed by atoms with E-state index in [4.69, 9.17) is 11.6 Å². The molecule has 0 aromatic heterocycles. The summed E-state index contributed by atoms with van der Waals surface area (Å²) in [5.74, 6) is 0.332. The SMILES string of the molecule is CC(C)(C)C1NCCc2c(O)cc(Cl)cc21. The number of phenolic OH excluding ortho intramolecular Hbond substituents is 1. The molecule has 1 unspecified atom stereocenters. The van der Waals surface area contributed by atoms with Gasteiger partial charge in [0.2, 0.25) is 0 Å². The van der Waals surface area contributed by atoms with E-state index >= 15 is 0 Å². The molecular formula is C13H18ClNO. The van der Waals surface area contributed by atoms with Crippen molar-refractivity contribution in [1.82, 2.24) is 5.32 Å². The molecule has 0 spiro atoms. The Morgan fingerprint density at radius 2 is 2.06 bits per heavy atom. The van der Waals surface area contributed by atoms with Gasteiger partial charge in [0.15, 0.2) is 0 Å². The zero-order valence-corrected chi connectivity index (χ0v) is 10.7. The van der Waals surface area contributed by atoms with Crippen molar-refractivity contribution < 1.29 is 5.11 Å². The zero-order valence-electron chi connectivity index (χ0n) is 9.97. The summed E-state index contributed by atoms with van der Waals surface area (Å²) in [6, 6.07) is 3.85. The van der Waals surface area contributed by atoms with Crippen molar-refractivity contribution in [3.8, 4) is 5.75 Å². The Morgan fingerprint density at radius 1 is 1.38 bits per heavy atom. The molecule has 0 saturated heterocycles. The Morgan fingerprint density at radius 3 is 2.69 bits per heavy atom. The van der Waals surface area contributed by atoms with E-state index in [1.54, 1.807) is 6.07 Å². The van der Waals surface area contributed by atoms with Gasteiger partial charge in [-0.25, -0.2) is 0 Å². The molecule has 0 bridgehead atoms. The quantitative estimate of drug-likeness (QED) is 0.728. The lowest BCUT2D eigenvalue weighted by Crippen LogP contribution is -2.37. The van der Waals surface area contributed by atoms with Crippen LogP contribution in [0.5, 0.6) is 5.75 Å². The van der Waals surface area contributed by atoms with Crippen LogP contribution in [-0.2, 0) is 6.42 Å². The van der Waals surface area contributed by atoms with Gasteiger partial charge in [0.25, 0.3) is 0 Å². The number of nitrogens with one attached hydrogen (secondary N) is 1. The van der Waals surface area contributed by atoms with E-state index in [1.165, 1.54) is 0 Å². The van der Waals surface area contributed by atoms with Crippen molar-refractivity contribution >= 4 is 11.6 Å². The maximum atomic E-state index is 9.91. The summed E-state index contributed by atoms with van der Waals surface area (Å²) in [5.41, 5.74) is 2.30. The second-order valence-corrected chi connectivity index (χ2v) is 5.93. The molecule has 0 aliphatic carbocycles. The first-order valence-corrected chi connectivity index (χ1v) is 6.02. The minimum atomic E-state index is 0.117. The summed E-state index contributed by atoms with van der Waals surface area (Å²) in [6.45, 7) is 7.48. The Bertz CT molecular complexity index is 409. The normalized spacial score (nSPS) is 20.6. The van der Waals surface area contributed by atoms with Crippen molar-refractivity contribution in [3.05, 3.63) is 28.3 Å². The van der Waals surface area contributed by atoms with Crippen molar-refractivity contribution in [3.63, 3.8) is 0 Å². The average molecular weight is 240 g/mol. The fourth-order valence-corrected chi connectivity index (χ4v) is 2.62. The predicted octanol–water partition coefficient (Wildman–Crippen LogP) is 3.28. The largest absolute Gasteiger partial charge is 0.508 e. The summed E-state index contributed by atoms with van der Waals surface area (Å²) < 4.78 is 0. The summed E-state index contributed by atoms with van der Waals surface area (Å²) in [7, 11) is 0. The lowest BCUT2D eigenvalue weighted by atomic mass is 9.78. The molecule has 2 nitrogen and oxygen atoms in total. The van der Waals surface area contributed by atoms with Gasteiger partial charge in [0, 0.05) is 16.6 Å². The highest BCUT2D eigenvalue weighted by atomic mass is 35.5. The highest BCUT2D eigenvalue weighted by Gasteiger charge is 2.31. The van der Waals surface area contributed by atoms with E-state index in [0.717, 1.165) is 24.1 Å². The Labute approximate surface area is 102 Å². The molecule has 2 N–H and O–H groups in total. The van der Waals surface area contributed by atoms with Gasteiger partial charge in [-0.3, -0.25) is 0 Å². The molecule has 0 fully saturated rings. The lowest BCUT2D eigenvalue weighted by molar-refractivity contribution is 0.262. The molecular weight excluding hydrogens is 222 g/mol. The number of fused-ring (bicyclic) bond motifs is 1. The van der Waals surface area contributed by atoms with Gasteiger partial charge in [0.1, 0.15) is 5.75 Å². The van der Waals surface area contributed by atoms with Crippen LogP contribution >= 0.6 is 11.6 Å². The molecule has 88 valence electrons. The third kappa shape index (κ3) is 2.04. The first-order valence-electron chi connectivity index (χ1n) is 5.64. The maximum Gasteiger partial charge on any atom is 0.120 e. The van der Waals surface area contributed by atoms with Crippen molar-refractivity contribution in [2.45, 2.75) is 33.2 Å². The van der Waals surface area contributed by atoms with E-state index in [2.05, 4.69) is 26.1 Å². The second kappa shape index (κ2) is 3.94. The number of benzene rings is 1. The molecule has 1 aromatic rings. The third-order valence-electron chi connectivity index (χ3n) is 3.13. The van der Waals surface area contributed by atoms with Crippen molar-refractivity contribution in [2.24, 2.45) is 5.41 Å². The standard InChI is InChI=1S/C13H18ClNO/c1-13(2,3)12-10-6-8(14)7-11(16)9(10)4-5-15-12/h6-7,12,15-16H,4-5H2,1-3H3. The maximum absolute atomic E-state index is 9.91. The number of aromatic hydroxyl groups is 1. The van der Waals surface area contributed by atoms with Gasteiger partial charge in [0.05, 0.1) is 0 Å². The van der Waals surface area contributed by atoms with E-state index in [1.807, 2.05) is 6.07 Å². The van der Waals surface area contributed by atoms with E-state index in [0.29, 0.717) is 10.8 Å². The molecule has 1 aliphatic rings. The number of hydrogen-bond donors (Lipinski definition) is 2. The van der Waals surface area contributed by atoms with Gasteiger partial charge >= 0.3 is 0 Å². The molecule has 1 atom stereocenters. The molecule has 1 aromatic carbocycles. The predicted molar refractivity (Wildman–Crippen MR) is 67.0 cm³/mol. The number of halogens is 1. The van der Waals surface area contributed by atoms with E-state index in [9.17, 15) is 5.11 Å². The zero-order chi connectivity index (χ0) is 11.9. The lowest BCUT2D eigenvalue weighted by Gasteiger charge is -2.37. The van der Waals surface area contributed by atoms with Gasteiger partial charge in [-0.1, -0.05) is 32.4 Å². The van der Waals surface area contributed by atoms with Crippen LogP contribution in [0.2, 0.25) is 5.02 Å². The Hall–Kier alpha value is -0.730. The van der Waals surface area contributed by atoms with Gasteiger partial charge in [-0.2, -0.15) is 0 Å². The highest BCUT2D eigenvalue weighted by molar-refractivity contribution is 6.30. The van der Waals surface area contributed by atoms with Crippen LogP contribution < -0.4 is 5.32 Å². The number of rotatable bonds is 0. The molecule has 1 heterocycles. The van der Waals surface area contributed by atoms with Crippen LogP contribution in [0, 0.1) is 5.41 Å². The van der Waals surface area contributed by atoms with Crippen molar-refractivity contribution in [1.29, 1.82) is 0 Å². The third-order valence-corrected chi connectivity index (χ3v) is 3.34. The molecule has 3 heteroatoms. The molecule has 2 rings (SSSR count). The summed E-state index contributed by atoms with van der Waals surface area (Å²) in [5, 5.41) is 14.0. The van der Waals surface area contributed by atoms with E-state index < -0.39 is 0 Å². The fourth-order valence-electron chi connectivity index (χ4n) is 2.40. The van der Waals surface area contributed by atoms with Crippen LogP contribution in [0.3, 0.4) is 0 Å². The molecule has 0 saturated carbocycles. The average Bonchev–Trinajstić information content (AvgIpc) is 2.15. The number of phenols is 1. The highest BCUT2D eigenvalue weighted by Crippen LogP contribution is 2.40. The first kappa shape index (κ1) is 11.7. The van der Waals surface area contributed by atoms with Crippen LogP contribution in [0.4, 0.5) is 0 Å². The van der Waals surface area contributed by atoms with E-state index in [-0.39, 0.29) is 11.5 Å². The second-order valence-electron chi connectivity index (χ2n) is 5.50. The molecule has 1 aliphatic heterocycles. The van der Waals surface area contributed by atoms with Gasteiger partial charge in [-0.05, 0) is 36.1 Å². The minimum absolute atomic E-state index is 0.117. The summed E-state index contributed by atoms with van der Waals surface area (Å²) in [4.78, 5) is 0. The molecule has 0 amide bonds. The van der Waals surface area contributed by atoms with Gasteiger partial charge in [-0.15, -0.1) is 0 Å². The minimum Gasteiger partial charge on any atom is -0.508 e. The topological polar surface area (TPSA) is 32.3 Å². The number of hydrogen-bond acceptors (Lipinski definition) is 2. The monoisotopic (exact) mass is 239 g/mol. The van der Waals surface area contributed by atoms with Crippen LogP contribution in [0.1, 0.15) is 37.9 Å². The Balaban J connectivity index is 2.54. The smallest absolute Gasteiger partial charge is 0.120 e. The van der Waals surface area contributed by atoms with Crippen LogP contribution in [-0.4, -0.2) is 11.7 Å². The Kier molecular flexibility index (Phi) is 2.89. The first-order chi connectivity index (χ1) is 7.39. The van der Waals surface area contributed by atoms with Crippen molar-refractivity contribution in [2.75, 3.05) is 6.54 Å². The van der Waals surface area contributed by atoms with Crippen LogP contribution in [0.15, 0.2) is 12.1 Å². The molecule has 0 radical (unpaired) electrons.